The molecule has 1 fully saturated rings. The van der Waals surface area contributed by atoms with Crippen LogP contribution >= 0.6 is 24.8 Å². The van der Waals surface area contributed by atoms with E-state index in [0.29, 0.717) is 7.35 Å². The van der Waals surface area contributed by atoms with Gasteiger partial charge in [-0.05, 0) is 0 Å². The van der Waals surface area contributed by atoms with Crippen LogP contribution in [0, 0.1) is 10.8 Å². The number of fused-ring (bicyclic) bond motifs is 2. The van der Waals surface area contributed by atoms with Crippen LogP contribution in [0.5, 0.6) is 0 Å². The first-order valence-electron chi connectivity index (χ1n) is 19.2. The van der Waals surface area contributed by atoms with Gasteiger partial charge in [-0.1, -0.05) is 0 Å². The molecular formula is C49H62Cl2Hf. The van der Waals surface area contributed by atoms with Crippen LogP contribution in [0.1, 0.15) is 130 Å². The van der Waals surface area contributed by atoms with Gasteiger partial charge in [-0.15, -0.1) is 24.8 Å². The van der Waals surface area contributed by atoms with E-state index in [1.807, 2.05) is 0 Å². The fourth-order valence-electron chi connectivity index (χ4n) is 9.47. The monoisotopic (exact) mass is 900 g/mol. The van der Waals surface area contributed by atoms with Crippen LogP contribution in [-0.2, 0) is 30.8 Å². The maximum absolute atomic E-state index is 3.25. The molecule has 2 unspecified atom stereocenters. The van der Waals surface area contributed by atoms with Gasteiger partial charge in [0.05, 0.1) is 0 Å². The Kier molecular flexibility index (Phi) is 11.1. The molecular weight excluding hydrogens is 838 g/mol. The summed E-state index contributed by atoms with van der Waals surface area (Å²) in [4.78, 5) is 0. The largest absolute Gasteiger partial charge is 0.147 e. The maximum atomic E-state index is 2.68. The number of hydrogen-bond donors (Lipinski definition) is 0. The fraction of sp³-hybridized carbons (Fsp3) is 0.429. The van der Waals surface area contributed by atoms with Gasteiger partial charge in [0.25, 0.3) is 0 Å². The van der Waals surface area contributed by atoms with Crippen LogP contribution in [0.15, 0.2) is 96.1 Å². The molecule has 4 aromatic rings. The van der Waals surface area contributed by atoms with E-state index in [4.69, 9.17) is 0 Å². The summed E-state index contributed by atoms with van der Waals surface area (Å²) in [6.45, 7) is 28.8. The van der Waals surface area contributed by atoms with Crippen LogP contribution in [0.3, 0.4) is 0 Å². The SMILES string of the molecule is CC(C)(C)C1=Cc2c(-c3ccc(C(C)(C)C)cc3)cccc2[CH]1[Hf]1([CH]2C(C(C)(C)C)=Cc3c(-c4ccc(C(C)(C)C)cc4)cccc32)[CH2]C[CH2]1.Cl.Cl. The van der Waals surface area contributed by atoms with Crippen molar-refractivity contribution in [2.24, 2.45) is 10.8 Å². The zero-order valence-corrected chi connectivity index (χ0v) is 39.1. The van der Waals surface area contributed by atoms with E-state index < -0.39 is 20.0 Å². The standard InChI is InChI=1S/2C23H27.C3H6.2ClH.Hf/c2*1-22(2,3)18-12-10-16(11-13-18)20-9-7-8-17-14-19(15-21(17)20)23(4,5)6;1-3-2;;;/h2*7-15H,1-6H3;1-3H2;2*1H;. The van der Waals surface area contributed by atoms with Gasteiger partial charge in [0, 0.05) is 0 Å². The van der Waals surface area contributed by atoms with Crippen molar-refractivity contribution in [3.63, 3.8) is 0 Å². The molecule has 4 aromatic carbocycles. The molecule has 52 heavy (non-hydrogen) atoms. The molecule has 7 rings (SSSR count). The van der Waals surface area contributed by atoms with Gasteiger partial charge in [-0.25, -0.2) is 0 Å². The molecule has 0 aromatic heterocycles. The van der Waals surface area contributed by atoms with E-state index >= 15 is 0 Å². The van der Waals surface area contributed by atoms with Crippen molar-refractivity contribution in [2.75, 3.05) is 0 Å². The van der Waals surface area contributed by atoms with E-state index in [1.54, 1.807) is 22.3 Å². The van der Waals surface area contributed by atoms with Crippen LogP contribution in [0.25, 0.3) is 34.4 Å². The van der Waals surface area contributed by atoms with Crippen molar-refractivity contribution >= 4 is 37.0 Å². The summed E-state index contributed by atoms with van der Waals surface area (Å²) in [6.07, 6.45) is 6.75. The molecule has 1 saturated heterocycles. The first-order valence-corrected chi connectivity index (χ1v) is 28.5. The summed E-state index contributed by atoms with van der Waals surface area (Å²) in [5, 5.41) is 0. The number of benzene rings is 4. The molecule has 2 aliphatic carbocycles. The van der Waals surface area contributed by atoms with Gasteiger partial charge in [-0.2, -0.15) is 0 Å². The zero-order valence-electron chi connectivity index (χ0n) is 33.8. The van der Waals surface area contributed by atoms with Crippen molar-refractivity contribution in [3.05, 3.63) is 129 Å². The normalized spacial score (nSPS) is 19.4. The van der Waals surface area contributed by atoms with Crippen molar-refractivity contribution < 1.29 is 20.0 Å². The molecule has 276 valence electrons. The zero-order chi connectivity index (χ0) is 36.0. The Morgan fingerprint density at radius 2 is 0.788 bits per heavy atom. The molecule has 0 radical (unpaired) electrons. The molecule has 0 nitrogen and oxygen atoms in total. The molecule has 1 heterocycles. The Morgan fingerprint density at radius 1 is 0.442 bits per heavy atom. The second-order valence-corrected chi connectivity index (χ2v) is 36.5. The van der Waals surface area contributed by atoms with Crippen molar-refractivity contribution in [1.82, 2.24) is 0 Å². The second-order valence-electron chi connectivity index (χ2n) is 19.9. The minimum Gasteiger partial charge on any atom is -0.147 e. The van der Waals surface area contributed by atoms with E-state index in [-0.39, 0.29) is 46.5 Å². The van der Waals surface area contributed by atoms with Gasteiger partial charge < -0.3 is 0 Å². The predicted octanol–water partition coefficient (Wildman–Crippen LogP) is 15.5. The summed E-state index contributed by atoms with van der Waals surface area (Å²) in [6, 6.07) is 33.5. The maximum Gasteiger partial charge on any atom is -0.147 e. The quantitative estimate of drug-likeness (QED) is 0.179. The number of halogens is 2. The number of hydrogen-bond acceptors (Lipinski definition) is 0. The third-order valence-corrected chi connectivity index (χ3v) is 34.4. The summed E-state index contributed by atoms with van der Waals surface area (Å²) in [5.41, 5.74) is 18.6. The van der Waals surface area contributed by atoms with E-state index in [0.717, 1.165) is 0 Å². The number of allylic oxidation sites excluding steroid dienone is 2. The average Bonchev–Trinajstić information content (AvgIpc) is 3.61. The molecule has 0 N–H and O–H groups in total. The minimum atomic E-state index is -3.25. The topological polar surface area (TPSA) is 0 Å². The van der Waals surface area contributed by atoms with Gasteiger partial charge in [0.15, 0.2) is 0 Å². The Labute approximate surface area is 333 Å². The third-order valence-electron chi connectivity index (χ3n) is 12.4. The predicted molar refractivity (Wildman–Crippen MR) is 230 cm³/mol. The molecule has 0 spiro atoms. The van der Waals surface area contributed by atoms with E-state index in [9.17, 15) is 0 Å². The molecule has 3 aliphatic rings. The molecule has 3 heteroatoms. The summed E-state index contributed by atoms with van der Waals surface area (Å²) in [7, 11) is 0. The van der Waals surface area contributed by atoms with Gasteiger partial charge >= 0.3 is 311 Å². The minimum absolute atomic E-state index is 0. The van der Waals surface area contributed by atoms with E-state index in [1.165, 1.54) is 59.3 Å². The van der Waals surface area contributed by atoms with Crippen LogP contribution in [0.2, 0.25) is 8.35 Å². The van der Waals surface area contributed by atoms with Crippen LogP contribution in [0.4, 0.5) is 0 Å². The molecule has 2 atom stereocenters. The second kappa shape index (κ2) is 14.1. The Balaban J connectivity index is 0.00000261. The average molecular weight is 900 g/mol. The first-order chi connectivity index (χ1) is 23.3. The van der Waals surface area contributed by atoms with Gasteiger partial charge in [0.1, 0.15) is 0 Å². The Morgan fingerprint density at radius 3 is 1.06 bits per heavy atom. The Bertz CT molecular complexity index is 1850. The third kappa shape index (κ3) is 7.06. The smallest absolute Gasteiger partial charge is 0.147 e. The van der Waals surface area contributed by atoms with Crippen LogP contribution in [-0.4, -0.2) is 0 Å². The molecule has 0 bridgehead atoms. The Hall–Kier alpha value is -2.19. The van der Waals surface area contributed by atoms with Crippen LogP contribution < -0.4 is 0 Å². The van der Waals surface area contributed by atoms with E-state index in [2.05, 4.69) is 180 Å². The van der Waals surface area contributed by atoms with Gasteiger partial charge in [0.2, 0.25) is 0 Å². The molecule has 1 aliphatic heterocycles. The summed E-state index contributed by atoms with van der Waals surface area (Å²) < 4.78 is 4.18. The summed E-state index contributed by atoms with van der Waals surface area (Å²) >= 11 is -3.25. The number of rotatable bonds is 4. The first kappa shape index (κ1) is 41.0. The summed E-state index contributed by atoms with van der Waals surface area (Å²) in [5.74, 6) is 0. The molecule has 0 amide bonds. The van der Waals surface area contributed by atoms with Crippen molar-refractivity contribution in [2.45, 2.75) is 116 Å². The van der Waals surface area contributed by atoms with Gasteiger partial charge in [-0.3, -0.25) is 0 Å². The fourth-order valence-corrected chi connectivity index (χ4v) is 33.4. The molecule has 0 saturated carbocycles. The van der Waals surface area contributed by atoms with Crippen molar-refractivity contribution in [1.29, 1.82) is 0 Å². The van der Waals surface area contributed by atoms with Crippen molar-refractivity contribution in [3.8, 4) is 22.3 Å².